The number of ether oxygens (including phenoxy) is 1. The number of fused-ring (bicyclic) bond motifs is 1. The third-order valence-electron chi connectivity index (χ3n) is 3.03. The molecule has 18 heavy (non-hydrogen) atoms. The molecule has 0 aliphatic carbocycles. The van der Waals surface area contributed by atoms with Gasteiger partial charge in [-0.25, -0.2) is 0 Å². The zero-order chi connectivity index (χ0) is 13.0. The van der Waals surface area contributed by atoms with Crippen molar-refractivity contribution in [2.24, 2.45) is 0 Å². The molecular formula is C14H18N2O2. The summed E-state index contributed by atoms with van der Waals surface area (Å²) in [6.45, 7) is 3.03. The molecule has 0 unspecified atom stereocenters. The average molecular weight is 246 g/mol. The molecule has 1 aliphatic heterocycles. The van der Waals surface area contributed by atoms with Gasteiger partial charge < -0.3 is 15.8 Å². The molecule has 0 aromatic heterocycles. The van der Waals surface area contributed by atoms with Crippen LogP contribution in [0.4, 0.5) is 5.69 Å². The topological polar surface area (TPSA) is 64.3 Å². The van der Waals surface area contributed by atoms with E-state index in [0.29, 0.717) is 19.4 Å². The molecule has 1 heterocycles. The lowest BCUT2D eigenvalue weighted by atomic mass is 9.97. The maximum Gasteiger partial charge on any atom is 0.306 e. The van der Waals surface area contributed by atoms with E-state index in [1.165, 1.54) is 5.56 Å². The van der Waals surface area contributed by atoms with E-state index in [9.17, 15) is 4.79 Å². The fourth-order valence-electron chi connectivity index (χ4n) is 2.08. The van der Waals surface area contributed by atoms with E-state index in [-0.39, 0.29) is 5.97 Å². The van der Waals surface area contributed by atoms with Crippen LogP contribution in [0.1, 0.15) is 30.0 Å². The maximum absolute atomic E-state index is 11.3. The van der Waals surface area contributed by atoms with Crippen LogP contribution in [-0.2, 0) is 22.5 Å². The van der Waals surface area contributed by atoms with E-state index in [2.05, 4.69) is 11.4 Å². The zero-order valence-electron chi connectivity index (χ0n) is 10.5. The number of benzene rings is 1. The minimum Gasteiger partial charge on any atom is -0.466 e. The van der Waals surface area contributed by atoms with Crippen molar-refractivity contribution in [3.63, 3.8) is 0 Å². The fourth-order valence-corrected chi connectivity index (χ4v) is 2.08. The van der Waals surface area contributed by atoms with Crippen molar-refractivity contribution in [2.45, 2.75) is 26.3 Å². The molecule has 1 aliphatic rings. The lowest BCUT2D eigenvalue weighted by Gasteiger charge is -2.16. The molecule has 0 spiro atoms. The number of carbonyl (C=O) groups excluding carboxylic acids is 1. The van der Waals surface area contributed by atoms with Gasteiger partial charge >= 0.3 is 5.97 Å². The van der Waals surface area contributed by atoms with Gasteiger partial charge in [0.15, 0.2) is 0 Å². The van der Waals surface area contributed by atoms with Gasteiger partial charge in [-0.3, -0.25) is 4.79 Å². The summed E-state index contributed by atoms with van der Waals surface area (Å²) in [7, 11) is 0. The molecule has 4 heteroatoms. The minimum atomic E-state index is -0.174. The van der Waals surface area contributed by atoms with Crippen molar-refractivity contribution in [2.75, 3.05) is 12.3 Å². The summed E-state index contributed by atoms with van der Waals surface area (Å²) in [5, 5.41) is 3.14. The second kappa shape index (κ2) is 5.58. The summed E-state index contributed by atoms with van der Waals surface area (Å²) < 4.78 is 4.91. The molecule has 4 nitrogen and oxygen atoms in total. The average Bonchev–Trinajstić information content (AvgIpc) is 2.39. The molecule has 0 saturated heterocycles. The summed E-state index contributed by atoms with van der Waals surface area (Å²) in [5.41, 5.74) is 10.2. The van der Waals surface area contributed by atoms with E-state index in [4.69, 9.17) is 10.5 Å². The maximum atomic E-state index is 11.3. The van der Waals surface area contributed by atoms with Crippen LogP contribution in [0.2, 0.25) is 0 Å². The summed E-state index contributed by atoms with van der Waals surface area (Å²) in [5.74, 6) is -0.174. The van der Waals surface area contributed by atoms with Gasteiger partial charge in [0.05, 0.1) is 6.61 Å². The van der Waals surface area contributed by atoms with Crippen LogP contribution in [0.15, 0.2) is 18.3 Å². The Hall–Kier alpha value is -1.97. The third-order valence-corrected chi connectivity index (χ3v) is 3.03. The lowest BCUT2D eigenvalue weighted by Crippen LogP contribution is -2.13. The SMILES string of the molecule is CCOC(=O)CCc1ccc2c(c1N)C=CNC2. The van der Waals surface area contributed by atoms with E-state index >= 15 is 0 Å². The van der Waals surface area contributed by atoms with E-state index in [1.54, 1.807) is 0 Å². The van der Waals surface area contributed by atoms with Crippen molar-refractivity contribution in [3.8, 4) is 0 Å². The predicted octanol–water partition coefficient (Wildman–Crippen LogP) is 1.84. The monoisotopic (exact) mass is 246 g/mol. The Morgan fingerprint density at radius 1 is 1.50 bits per heavy atom. The van der Waals surface area contributed by atoms with Crippen molar-refractivity contribution >= 4 is 17.7 Å². The van der Waals surface area contributed by atoms with Gasteiger partial charge in [0.25, 0.3) is 0 Å². The second-order valence-electron chi connectivity index (χ2n) is 4.23. The van der Waals surface area contributed by atoms with Crippen LogP contribution in [0.5, 0.6) is 0 Å². The van der Waals surface area contributed by atoms with Gasteiger partial charge in [-0.1, -0.05) is 12.1 Å². The number of aryl methyl sites for hydroxylation is 1. The van der Waals surface area contributed by atoms with Gasteiger partial charge in [-0.05, 0) is 36.7 Å². The Morgan fingerprint density at radius 3 is 3.11 bits per heavy atom. The summed E-state index contributed by atoms with van der Waals surface area (Å²) in [4.78, 5) is 11.3. The highest BCUT2D eigenvalue weighted by atomic mass is 16.5. The lowest BCUT2D eigenvalue weighted by molar-refractivity contribution is -0.143. The summed E-state index contributed by atoms with van der Waals surface area (Å²) in [6.07, 6.45) is 4.87. The smallest absolute Gasteiger partial charge is 0.306 e. The van der Waals surface area contributed by atoms with Crippen molar-refractivity contribution in [1.29, 1.82) is 0 Å². The molecule has 96 valence electrons. The van der Waals surface area contributed by atoms with Gasteiger partial charge in [0.2, 0.25) is 0 Å². The van der Waals surface area contributed by atoms with Gasteiger partial charge in [0, 0.05) is 24.2 Å². The molecule has 0 atom stereocenters. The van der Waals surface area contributed by atoms with E-state index < -0.39 is 0 Å². The first-order valence-corrected chi connectivity index (χ1v) is 6.18. The summed E-state index contributed by atoms with van der Waals surface area (Å²) in [6, 6.07) is 4.05. The van der Waals surface area contributed by atoms with Crippen LogP contribution in [0.25, 0.3) is 6.08 Å². The van der Waals surface area contributed by atoms with Crippen molar-refractivity contribution in [1.82, 2.24) is 5.32 Å². The molecule has 0 radical (unpaired) electrons. The Morgan fingerprint density at radius 2 is 2.33 bits per heavy atom. The molecule has 0 bridgehead atoms. The largest absolute Gasteiger partial charge is 0.466 e. The molecule has 0 amide bonds. The molecule has 1 aromatic carbocycles. The summed E-state index contributed by atoms with van der Waals surface area (Å²) >= 11 is 0. The van der Waals surface area contributed by atoms with E-state index in [0.717, 1.165) is 23.4 Å². The highest BCUT2D eigenvalue weighted by Crippen LogP contribution is 2.26. The number of esters is 1. The van der Waals surface area contributed by atoms with Crippen molar-refractivity contribution < 1.29 is 9.53 Å². The Kier molecular flexibility index (Phi) is 3.87. The minimum absolute atomic E-state index is 0.174. The first-order chi connectivity index (χ1) is 8.72. The van der Waals surface area contributed by atoms with Crippen molar-refractivity contribution in [3.05, 3.63) is 35.0 Å². The number of nitrogens with one attached hydrogen (secondary N) is 1. The van der Waals surface area contributed by atoms with Crippen LogP contribution in [-0.4, -0.2) is 12.6 Å². The first kappa shape index (κ1) is 12.5. The highest BCUT2D eigenvalue weighted by molar-refractivity contribution is 5.73. The van der Waals surface area contributed by atoms with Crippen LogP contribution >= 0.6 is 0 Å². The Labute approximate surface area is 107 Å². The van der Waals surface area contributed by atoms with Crippen LogP contribution in [0.3, 0.4) is 0 Å². The standard InChI is InChI=1S/C14H18N2O2/c1-2-18-13(17)6-5-10-3-4-11-9-16-8-7-12(11)14(10)15/h3-4,7-8,16H,2,5-6,9,15H2,1H3. The Balaban J connectivity index is 2.11. The highest BCUT2D eigenvalue weighted by Gasteiger charge is 2.12. The number of hydrogen-bond donors (Lipinski definition) is 2. The quantitative estimate of drug-likeness (QED) is 0.628. The van der Waals surface area contributed by atoms with Gasteiger partial charge in [-0.2, -0.15) is 0 Å². The Bertz CT molecular complexity index is 481. The van der Waals surface area contributed by atoms with Gasteiger partial charge in [-0.15, -0.1) is 0 Å². The number of nitrogen functional groups attached to an aromatic ring is 1. The van der Waals surface area contributed by atoms with Crippen LogP contribution in [0, 0.1) is 0 Å². The van der Waals surface area contributed by atoms with Gasteiger partial charge in [0.1, 0.15) is 0 Å². The molecule has 0 fully saturated rings. The fraction of sp³-hybridized carbons (Fsp3) is 0.357. The second-order valence-corrected chi connectivity index (χ2v) is 4.23. The molecule has 3 N–H and O–H groups in total. The molecule has 2 rings (SSSR count). The number of anilines is 1. The number of rotatable bonds is 4. The van der Waals surface area contributed by atoms with Crippen LogP contribution < -0.4 is 11.1 Å². The molecular weight excluding hydrogens is 228 g/mol. The number of carbonyl (C=O) groups is 1. The molecule has 1 aromatic rings. The molecule has 0 saturated carbocycles. The normalized spacial score (nSPS) is 12.7. The van der Waals surface area contributed by atoms with E-state index in [1.807, 2.05) is 25.3 Å². The number of hydrogen-bond acceptors (Lipinski definition) is 4. The first-order valence-electron chi connectivity index (χ1n) is 6.18. The zero-order valence-corrected chi connectivity index (χ0v) is 10.5. The number of nitrogens with two attached hydrogens (primary N) is 1. The predicted molar refractivity (Wildman–Crippen MR) is 71.7 cm³/mol. The third kappa shape index (κ3) is 2.64.